The van der Waals surface area contributed by atoms with Crippen molar-refractivity contribution in [2.24, 2.45) is 0 Å². The van der Waals surface area contributed by atoms with Crippen LogP contribution in [0.25, 0.3) is 0 Å². The molecule has 0 bridgehead atoms. The van der Waals surface area contributed by atoms with Crippen LogP contribution in [0.5, 0.6) is 0 Å². The molecule has 0 amide bonds. The van der Waals surface area contributed by atoms with Crippen LogP contribution in [0.3, 0.4) is 0 Å². The molecule has 1 aliphatic heterocycles. The van der Waals surface area contributed by atoms with Crippen LogP contribution in [0, 0.1) is 0 Å². The lowest BCUT2D eigenvalue weighted by Gasteiger charge is -2.45. The Labute approximate surface area is 119 Å². The van der Waals surface area contributed by atoms with E-state index < -0.39 is 8.80 Å². The van der Waals surface area contributed by atoms with Crippen molar-refractivity contribution in [2.45, 2.75) is 57.2 Å². The van der Waals surface area contributed by atoms with Gasteiger partial charge in [-0.1, -0.05) is 19.9 Å². The van der Waals surface area contributed by atoms with Gasteiger partial charge in [-0.05, 0) is 32.4 Å². The average molecular weight is 309 g/mol. The highest BCUT2D eigenvalue weighted by atomic mass is 32.4. The van der Waals surface area contributed by atoms with E-state index in [-0.39, 0.29) is 19.3 Å². The minimum atomic E-state index is -2.63. The van der Waals surface area contributed by atoms with Crippen molar-refractivity contribution in [3.05, 3.63) is 0 Å². The fourth-order valence-electron chi connectivity index (χ4n) is 2.45. The zero-order chi connectivity index (χ0) is 13.9. The van der Waals surface area contributed by atoms with Crippen molar-refractivity contribution in [2.75, 3.05) is 20.0 Å². The van der Waals surface area contributed by atoms with E-state index in [1.807, 2.05) is 0 Å². The van der Waals surface area contributed by atoms with Gasteiger partial charge < -0.3 is 13.3 Å². The van der Waals surface area contributed by atoms with E-state index in [0.717, 1.165) is 12.8 Å². The SMILES string of the molecule is CO[Si]1(OC)OC(C)(C)CC[SiH2]SCCC1(C)C. The second-order valence-corrected chi connectivity index (χ2v) is 14.0. The van der Waals surface area contributed by atoms with Gasteiger partial charge in [-0.2, -0.15) is 11.2 Å². The van der Waals surface area contributed by atoms with Gasteiger partial charge in [-0.3, -0.25) is 0 Å². The van der Waals surface area contributed by atoms with Crippen molar-refractivity contribution in [3.8, 4) is 0 Å². The van der Waals surface area contributed by atoms with Crippen LogP contribution in [-0.4, -0.2) is 43.0 Å². The molecule has 0 unspecified atom stereocenters. The predicted molar refractivity (Wildman–Crippen MR) is 84.0 cm³/mol. The van der Waals surface area contributed by atoms with Gasteiger partial charge in [0.05, 0.1) is 14.3 Å². The van der Waals surface area contributed by atoms with Gasteiger partial charge in [-0.25, -0.2) is 0 Å². The summed E-state index contributed by atoms with van der Waals surface area (Å²) in [5.74, 6) is 1.21. The molecular formula is C12H28O3SSi2. The van der Waals surface area contributed by atoms with E-state index in [1.54, 1.807) is 14.2 Å². The molecular weight excluding hydrogens is 280 g/mol. The molecule has 3 nitrogen and oxygen atoms in total. The van der Waals surface area contributed by atoms with Crippen LogP contribution in [-0.2, 0) is 13.3 Å². The molecule has 1 saturated heterocycles. The fourth-order valence-corrected chi connectivity index (χ4v) is 9.76. The molecule has 6 heteroatoms. The molecule has 0 aromatic carbocycles. The Morgan fingerprint density at radius 2 is 1.72 bits per heavy atom. The van der Waals surface area contributed by atoms with Gasteiger partial charge in [0.2, 0.25) is 0 Å². The average Bonchev–Trinajstić information content (AvgIpc) is 2.29. The lowest BCUT2D eigenvalue weighted by Crippen LogP contribution is -2.57. The van der Waals surface area contributed by atoms with Crippen LogP contribution in [0.1, 0.15) is 40.5 Å². The monoisotopic (exact) mass is 308 g/mol. The van der Waals surface area contributed by atoms with Crippen molar-refractivity contribution in [1.29, 1.82) is 0 Å². The van der Waals surface area contributed by atoms with Gasteiger partial charge in [0, 0.05) is 19.3 Å². The Kier molecular flexibility index (Phi) is 5.95. The molecule has 108 valence electrons. The molecule has 18 heavy (non-hydrogen) atoms. The van der Waals surface area contributed by atoms with Crippen molar-refractivity contribution in [3.63, 3.8) is 0 Å². The van der Waals surface area contributed by atoms with E-state index in [1.165, 1.54) is 11.8 Å². The summed E-state index contributed by atoms with van der Waals surface area (Å²) >= 11 is 2.17. The Balaban J connectivity index is 3.01. The highest BCUT2D eigenvalue weighted by molar-refractivity contribution is 8.22. The summed E-state index contributed by atoms with van der Waals surface area (Å²) in [5.41, 5.74) is -0.138. The summed E-state index contributed by atoms with van der Waals surface area (Å²) in [6.07, 6.45) is 2.22. The van der Waals surface area contributed by atoms with E-state index in [4.69, 9.17) is 13.3 Å². The van der Waals surface area contributed by atoms with Crippen molar-refractivity contribution < 1.29 is 13.3 Å². The summed E-state index contributed by atoms with van der Waals surface area (Å²) in [5, 5.41) is -0.0213. The molecule has 0 saturated carbocycles. The molecule has 0 N–H and O–H groups in total. The fraction of sp³-hybridized carbons (Fsp3) is 1.00. The third kappa shape index (κ3) is 3.83. The zero-order valence-electron chi connectivity index (χ0n) is 12.7. The van der Waals surface area contributed by atoms with E-state index in [2.05, 4.69) is 38.9 Å². The van der Waals surface area contributed by atoms with Crippen molar-refractivity contribution >= 4 is 28.7 Å². The summed E-state index contributed by atoms with van der Waals surface area (Å²) in [4.78, 5) is 0. The molecule has 0 aromatic rings. The third-order valence-electron chi connectivity index (χ3n) is 3.72. The molecule has 1 aliphatic rings. The smallest absolute Gasteiger partial charge is 0.377 e. The minimum absolute atomic E-state index is 0.0182. The highest BCUT2D eigenvalue weighted by Gasteiger charge is 2.56. The van der Waals surface area contributed by atoms with Crippen LogP contribution in [0.4, 0.5) is 0 Å². The largest absolute Gasteiger partial charge is 0.506 e. The molecule has 1 rings (SSSR count). The highest BCUT2D eigenvalue weighted by Crippen LogP contribution is 2.45. The van der Waals surface area contributed by atoms with Gasteiger partial charge in [0.25, 0.3) is 0 Å². The molecule has 0 aromatic heterocycles. The Hall–Kier alpha value is 0.664. The van der Waals surface area contributed by atoms with Crippen LogP contribution in [0.15, 0.2) is 0 Å². The van der Waals surface area contributed by atoms with Crippen LogP contribution < -0.4 is 0 Å². The Morgan fingerprint density at radius 1 is 1.11 bits per heavy atom. The number of rotatable bonds is 2. The summed E-state index contributed by atoms with van der Waals surface area (Å²) in [6.45, 7) is 8.80. The zero-order valence-corrected chi connectivity index (χ0v) is 15.9. The first-order chi connectivity index (χ1) is 8.29. The maximum Gasteiger partial charge on any atom is 0.506 e. The molecule has 1 heterocycles. The minimum Gasteiger partial charge on any atom is -0.377 e. The topological polar surface area (TPSA) is 27.7 Å². The number of hydrogen-bond acceptors (Lipinski definition) is 4. The second kappa shape index (κ2) is 6.41. The first kappa shape index (κ1) is 16.7. The molecule has 0 radical (unpaired) electrons. The second-order valence-electron chi connectivity index (χ2n) is 6.18. The standard InChI is InChI=1S/C12H28O3SSi2/c1-11(2)8-10-17-16-9-7-12(3,4)18(13-5,14-6)15-11/h7-10,17H2,1-6H3. The maximum atomic E-state index is 6.42. The van der Waals surface area contributed by atoms with Gasteiger partial charge in [0.15, 0.2) is 0 Å². The lowest BCUT2D eigenvalue weighted by atomic mass is 10.1. The first-order valence-corrected chi connectivity index (χ1v) is 12.3. The van der Waals surface area contributed by atoms with Crippen molar-refractivity contribution in [1.82, 2.24) is 0 Å². The van der Waals surface area contributed by atoms with E-state index in [0.29, 0.717) is 0 Å². The number of hydrogen-bond donors (Lipinski definition) is 0. The quantitative estimate of drug-likeness (QED) is 0.733. The maximum absolute atomic E-state index is 6.42. The lowest BCUT2D eigenvalue weighted by molar-refractivity contribution is -0.0125. The molecule has 0 atom stereocenters. The van der Waals surface area contributed by atoms with E-state index >= 15 is 0 Å². The Bertz CT molecular complexity index is 268. The third-order valence-corrected chi connectivity index (χ3v) is 11.5. The summed E-state index contributed by atoms with van der Waals surface area (Å²) < 4.78 is 18.0. The normalized spacial score (nSPS) is 29.0. The van der Waals surface area contributed by atoms with Crippen LogP contribution in [0.2, 0.25) is 11.1 Å². The van der Waals surface area contributed by atoms with E-state index in [9.17, 15) is 0 Å². The van der Waals surface area contributed by atoms with Crippen LogP contribution >= 0.6 is 11.2 Å². The van der Waals surface area contributed by atoms with Gasteiger partial charge >= 0.3 is 8.80 Å². The Morgan fingerprint density at radius 3 is 2.28 bits per heavy atom. The summed E-state index contributed by atoms with van der Waals surface area (Å²) in [7, 11) is 0.864. The first-order valence-electron chi connectivity index (χ1n) is 6.67. The molecule has 0 spiro atoms. The van der Waals surface area contributed by atoms with Gasteiger partial charge in [0.1, 0.15) is 0 Å². The molecule has 0 aliphatic carbocycles. The summed E-state index contributed by atoms with van der Waals surface area (Å²) in [6, 6.07) is 1.33. The predicted octanol–water partition coefficient (Wildman–Crippen LogP) is 2.82. The van der Waals surface area contributed by atoms with Gasteiger partial charge in [-0.15, -0.1) is 0 Å². The molecule has 1 fully saturated rings.